The highest BCUT2D eigenvalue weighted by Crippen LogP contribution is 2.39. The third-order valence-corrected chi connectivity index (χ3v) is 4.98. The summed E-state index contributed by atoms with van der Waals surface area (Å²) >= 11 is 4.67. The summed E-state index contributed by atoms with van der Waals surface area (Å²) < 4.78 is 38.3. The first kappa shape index (κ1) is 15.4. The number of hydrogen-bond acceptors (Lipinski definition) is 1. The van der Waals surface area contributed by atoms with Gasteiger partial charge in [0.2, 0.25) is 0 Å². The molecular formula is C15H12BrF3S. The Morgan fingerprint density at radius 2 is 1.60 bits per heavy atom. The van der Waals surface area contributed by atoms with Crippen LogP contribution in [0, 0.1) is 13.8 Å². The number of alkyl halides is 3. The molecule has 0 aliphatic rings. The summed E-state index contributed by atoms with van der Waals surface area (Å²) in [5, 5.41) is 0. The fraction of sp³-hybridized carbons (Fsp3) is 0.200. The average molecular weight is 361 g/mol. The summed E-state index contributed by atoms with van der Waals surface area (Å²) in [6.07, 6.45) is -4.31. The molecule has 0 N–H and O–H groups in total. The van der Waals surface area contributed by atoms with Gasteiger partial charge in [-0.3, -0.25) is 0 Å². The lowest BCUT2D eigenvalue weighted by Crippen LogP contribution is -2.04. The largest absolute Gasteiger partial charge is 0.416 e. The minimum absolute atomic E-state index is 0.456. The van der Waals surface area contributed by atoms with Gasteiger partial charge < -0.3 is 0 Å². The monoisotopic (exact) mass is 360 g/mol. The summed E-state index contributed by atoms with van der Waals surface area (Å²) in [7, 11) is 0. The molecule has 0 bridgehead atoms. The summed E-state index contributed by atoms with van der Waals surface area (Å²) in [6, 6.07) is 9.76. The van der Waals surface area contributed by atoms with Gasteiger partial charge in [0.05, 0.1) is 5.56 Å². The molecule has 106 valence electrons. The van der Waals surface area contributed by atoms with Crippen LogP contribution in [0.15, 0.2) is 50.7 Å². The van der Waals surface area contributed by atoms with E-state index in [-0.39, 0.29) is 0 Å². The standard InChI is InChI=1S/C15H12BrF3S/c1-9-3-5-13(10(2)7-9)20-14-6-4-11(8-12(14)16)15(17,18)19/h3-8H,1-2H3. The molecule has 0 saturated carbocycles. The minimum Gasteiger partial charge on any atom is -0.166 e. The topological polar surface area (TPSA) is 0 Å². The first-order valence-corrected chi connectivity index (χ1v) is 7.50. The molecule has 2 rings (SSSR count). The van der Waals surface area contributed by atoms with Crippen LogP contribution in [0.1, 0.15) is 16.7 Å². The molecule has 0 heterocycles. The highest BCUT2D eigenvalue weighted by Gasteiger charge is 2.30. The van der Waals surface area contributed by atoms with E-state index in [2.05, 4.69) is 22.0 Å². The van der Waals surface area contributed by atoms with Crippen molar-refractivity contribution in [1.29, 1.82) is 0 Å². The van der Waals surface area contributed by atoms with E-state index in [4.69, 9.17) is 0 Å². The Morgan fingerprint density at radius 3 is 2.15 bits per heavy atom. The maximum absolute atomic E-state index is 12.6. The van der Waals surface area contributed by atoms with Crippen LogP contribution in [-0.4, -0.2) is 0 Å². The molecule has 20 heavy (non-hydrogen) atoms. The van der Waals surface area contributed by atoms with Crippen molar-refractivity contribution in [2.45, 2.75) is 29.8 Å². The van der Waals surface area contributed by atoms with Crippen molar-refractivity contribution in [2.24, 2.45) is 0 Å². The van der Waals surface area contributed by atoms with Crippen LogP contribution in [-0.2, 0) is 6.18 Å². The number of rotatable bonds is 2. The molecule has 0 aliphatic carbocycles. The maximum atomic E-state index is 12.6. The van der Waals surface area contributed by atoms with Crippen molar-refractivity contribution in [3.8, 4) is 0 Å². The van der Waals surface area contributed by atoms with E-state index < -0.39 is 11.7 Å². The van der Waals surface area contributed by atoms with Gasteiger partial charge in [0, 0.05) is 14.3 Å². The Bertz CT molecular complexity index is 636. The highest BCUT2D eigenvalue weighted by atomic mass is 79.9. The molecule has 2 aromatic carbocycles. The van der Waals surface area contributed by atoms with E-state index in [9.17, 15) is 13.2 Å². The van der Waals surface area contributed by atoms with Gasteiger partial charge in [0.25, 0.3) is 0 Å². The van der Waals surface area contributed by atoms with Crippen LogP contribution >= 0.6 is 27.7 Å². The Balaban J connectivity index is 2.30. The van der Waals surface area contributed by atoms with Crippen LogP contribution < -0.4 is 0 Å². The van der Waals surface area contributed by atoms with Gasteiger partial charge in [-0.1, -0.05) is 29.5 Å². The second-order valence-electron chi connectivity index (χ2n) is 4.51. The molecule has 0 atom stereocenters. The molecule has 0 radical (unpaired) electrons. The molecule has 0 fully saturated rings. The lowest BCUT2D eigenvalue weighted by Gasteiger charge is -2.11. The van der Waals surface area contributed by atoms with E-state index in [1.807, 2.05) is 26.0 Å². The molecule has 0 saturated heterocycles. The van der Waals surface area contributed by atoms with Crippen molar-refractivity contribution in [3.05, 3.63) is 57.6 Å². The number of hydrogen-bond donors (Lipinski definition) is 0. The highest BCUT2D eigenvalue weighted by molar-refractivity contribution is 9.10. The van der Waals surface area contributed by atoms with E-state index in [1.165, 1.54) is 23.4 Å². The normalized spacial score (nSPS) is 11.7. The molecule has 0 aliphatic heterocycles. The van der Waals surface area contributed by atoms with Crippen molar-refractivity contribution < 1.29 is 13.2 Å². The predicted molar refractivity (Wildman–Crippen MR) is 79.2 cm³/mol. The van der Waals surface area contributed by atoms with Crippen LogP contribution in [0.3, 0.4) is 0 Å². The molecular weight excluding hydrogens is 349 g/mol. The van der Waals surface area contributed by atoms with E-state index in [0.717, 1.165) is 27.5 Å². The smallest absolute Gasteiger partial charge is 0.166 e. The zero-order valence-corrected chi connectivity index (χ0v) is 13.3. The van der Waals surface area contributed by atoms with Crippen molar-refractivity contribution in [1.82, 2.24) is 0 Å². The second kappa shape index (κ2) is 5.82. The van der Waals surface area contributed by atoms with Crippen molar-refractivity contribution in [3.63, 3.8) is 0 Å². The first-order chi connectivity index (χ1) is 9.27. The van der Waals surface area contributed by atoms with Crippen LogP contribution in [0.4, 0.5) is 13.2 Å². The first-order valence-electron chi connectivity index (χ1n) is 5.89. The van der Waals surface area contributed by atoms with E-state index in [1.54, 1.807) is 0 Å². The van der Waals surface area contributed by atoms with Crippen molar-refractivity contribution >= 4 is 27.7 Å². The molecule has 0 nitrogen and oxygen atoms in total. The molecule has 0 amide bonds. The van der Waals surface area contributed by atoms with Crippen LogP contribution in [0.2, 0.25) is 0 Å². The molecule has 0 unspecified atom stereocenters. The molecule has 0 aromatic heterocycles. The Kier molecular flexibility index (Phi) is 4.49. The summed E-state index contributed by atoms with van der Waals surface area (Å²) in [5.41, 5.74) is 1.63. The Labute approximate surface area is 128 Å². The van der Waals surface area contributed by atoms with Gasteiger partial charge in [-0.25, -0.2) is 0 Å². The lowest BCUT2D eigenvalue weighted by atomic mass is 10.2. The van der Waals surface area contributed by atoms with Crippen LogP contribution in [0.25, 0.3) is 0 Å². The minimum atomic E-state index is -4.31. The van der Waals surface area contributed by atoms with E-state index in [0.29, 0.717) is 4.47 Å². The van der Waals surface area contributed by atoms with Gasteiger partial charge in [-0.2, -0.15) is 13.2 Å². The van der Waals surface area contributed by atoms with Gasteiger partial charge >= 0.3 is 6.18 Å². The fourth-order valence-corrected chi connectivity index (χ4v) is 3.30. The number of benzene rings is 2. The number of aryl methyl sites for hydroxylation is 2. The zero-order valence-electron chi connectivity index (χ0n) is 10.9. The quantitative estimate of drug-likeness (QED) is 0.611. The van der Waals surface area contributed by atoms with Gasteiger partial charge in [-0.05, 0) is 59.6 Å². The fourth-order valence-electron chi connectivity index (χ4n) is 1.79. The van der Waals surface area contributed by atoms with Gasteiger partial charge in [0.1, 0.15) is 0 Å². The summed E-state index contributed by atoms with van der Waals surface area (Å²) in [6.45, 7) is 4.00. The second-order valence-corrected chi connectivity index (χ2v) is 6.45. The Hall–Kier alpha value is -0.940. The molecule has 0 spiro atoms. The molecule has 2 aromatic rings. The SMILES string of the molecule is Cc1ccc(Sc2ccc(C(F)(F)F)cc2Br)c(C)c1. The summed E-state index contributed by atoms with van der Waals surface area (Å²) in [4.78, 5) is 1.81. The van der Waals surface area contributed by atoms with Gasteiger partial charge in [0.15, 0.2) is 0 Å². The number of halogens is 4. The summed E-state index contributed by atoms with van der Waals surface area (Å²) in [5.74, 6) is 0. The third kappa shape index (κ3) is 3.58. The van der Waals surface area contributed by atoms with E-state index >= 15 is 0 Å². The average Bonchev–Trinajstić information content (AvgIpc) is 2.33. The third-order valence-electron chi connectivity index (χ3n) is 2.81. The predicted octanol–water partition coefficient (Wildman–Crippen LogP) is 6.24. The van der Waals surface area contributed by atoms with Crippen LogP contribution in [0.5, 0.6) is 0 Å². The Morgan fingerprint density at radius 1 is 0.950 bits per heavy atom. The lowest BCUT2D eigenvalue weighted by molar-refractivity contribution is -0.137. The molecule has 5 heteroatoms. The van der Waals surface area contributed by atoms with Crippen molar-refractivity contribution in [2.75, 3.05) is 0 Å². The van der Waals surface area contributed by atoms with Gasteiger partial charge in [-0.15, -0.1) is 0 Å². The zero-order chi connectivity index (χ0) is 14.9. The maximum Gasteiger partial charge on any atom is 0.416 e.